The molecule has 1 fully saturated rings. The Bertz CT molecular complexity index is 350. The van der Waals surface area contributed by atoms with Gasteiger partial charge in [0.25, 0.3) is 0 Å². The van der Waals surface area contributed by atoms with Crippen LogP contribution in [0.4, 0.5) is 0 Å². The SMILES string of the molecule is CC(C)c1nc(Br)cc(OC2CCC2)n1. The zero-order valence-corrected chi connectivity index (χ0v) is 10.6. The molecule has 82 valence electrons. The Balaban J connectivity index is 2.15. The number of hydrogen-bond acceptors (Lipinski definition) is 3. The normalized spacial score (nSPS) is 16.5. The van der Waals surface area contributed by atoms with E-state index in [1.165, 1.54) is 6.42 Å². The lowest BCUT2D eigenvalue weighted by atomic mass is 9.96. The first-order valence-corrected chi connectivity index (χ1v) is 6.15. The first kappa shape index (κ1) is 10.9. The predicted octanol–water partition coefficient (Wildman–Crippen LogP) is 3.29. The van der Waals surface area contributed by atoms with E-state index in [2.05, 4.69) is 39.7 Å². The molecule has 0 atom stereocenters. The second-order valence-electron chi connectivity index (χ2n) is 4.21. The van der Waals surface area contributed by atoms with E-state index in [0.717, 1.165) is 23.3 Å². The van der Waals surface area contributed by atoms with Crippen molar-refractivity contribution in [2.75, 3.05) is 0 Å². The maximum absolute atomic E-state index is 5.74. The summed E-state index contributed by atoms with van der Waals surface area (Å²) in [5.74, 6) is 1.86. The summed E-state index contributed by atoms with van der Waals surface area (Å²) >= 11 is 3.38. The van der Waals surface area contributed by atoms with Crippen LogP contribution in [0.25, 0.3) is 0 Å². The number of nitrogens with zero attached hydrogens (tertiary/aromatic N) is 2. The maximum Gasteiger partial charge on any atom is 0.218 e. The van der Waals surface area contributed by atoms with E-state index in [1.54, 1.807) is 0 Å². The molecule has 0 N–H and O–H groups in total. The van der Waals surface area contributed by atoms with Gasteiger partial charge in [0.2, 0.25) is 5.88 Å². The molecule has 1 saturated carbocycles. The van der Waals surface area contributed by atoms with Gasteiger partial charge in [-0.3, -0.25) is 0 Å². The molecular weight excluding hydrogens is 256 g/mol. The van der Waals surface area contributed by atoms with E-state index >= 15 is 0 Å². The first-order valence-electron chi connectivity index (χ1n) is 5.36. The minimum absolute atomic E-state index is 0.325. The van der Waals surface area contributed by atoms with Gasteiger partial charge >= 0.3 is 0 Å². The average Bonchev–Trinajstić information content (AvgIpc) is 2.10. The Hall–Kier alpha value is -0.640. The topological polar surface area (TPSA) is 35.0 Å². The van der Waals surface area contributed by atoms with Crippen LogP contribution in [-0.4, -0.2) is 16.1 Å². The molecule has 3 nitrogen and oxygen atoms in total. The molecule has 1 aromatic rings. The van der Waals surface area contributed by atoms with Gasteiger partial charge in [-0.15, -0.1) is 0 Å². The van der Waals surface area contributed by atoms with Crippen molar-refractivity contribution in [2.24, 2.45) is 0 Å². The monoisotopic (exact) mass is 270 g/mol. The summed E-state index contributed by atoms with van der Waals surface area (Å²) in [6.45, 7) is 4.16. The molecule has 0 bridgehead atoms. The van der Waals surface area contributed by atoms with E-state index in [4.69, 9.17) is 4.74 Å². The molecule has 0 aliphatic heterocycles. The molecule has 0 spiro atoms. The van der Waals surface area contributed by atoms with Gasteiger partial charge in [-0.1, -0.05) is 13.8 Å². The number of hydrogen-bond donors (Lipinski definition) is 0. The Morgan fingerprint density at radius 2 is 2.13 bits per heavy atom. The van der Waals surface area contributed by atoms with Crippen LogP contribution in [0.1, 0.15) is 44.9 Å². The minimum atomic E-state index is 0.325. The second-order valence-corrected chi connectivity index (χ2v) is 5.03. The van der Waals surface area contributed by atoms with Crippen molar-refractivity contribution in [3.05, 3.63) is 16.5 Å². The summed E-state index contributed by atoms with van der Waals surface area (Å²) < 4.78 is 6.54. The Morgan fingerprint density at radius 1 is 1.40 bits per heavy atom. The van der Waals surface area contributed by atoms with Crippen LogP contribution in [0.3, 0.4) is 0 Å². The molecule has 0 aromatic carbocycles. The van der Waals surface area contributed by atoms with E-state index in [1.807, 2.05) is 6.07 Å². The van der Waals surface area contributed by atoms with Crippen LogP contribution in [0, 0.1) is 0 Å². The largest absolute Gasteiger partial charge is 0.474 e. The van der Waals surface area contributed by atoms with Crippen LogP contribution in [-0.2, 0) is 0 Å². The van der Waals surface area contributed by atoms with E-state index in [-0.39, 0.29) is 0 Å². The summed E-state index contributed by atoms with van der Waals surface area (Å²) in [4.78, 5) is 8.70. The molecule has 2 rings (SSSR count). The molecule has 0 amide bonds. The number of rotatable bonds is 3. The molecule has 1 aliphatic carbocycles. The fourth-order valence-electron chi connectivity index (χ4n) is 1.39. The summed E-state index contributed by atoms with van der Waals surface area (Å²) in [7, 11) is 0. The number of aromatic nitrogens is 2. The van der Waals surface area contributed by atoms with Gasteiger partial charge in [-0.2, -0.15) is 4.98 Å². The fraction of sp³-hybridized carbons (Fsp3) is 0.636. The van der Waals surface area contributed by atoms with Crippen molar-refractivity contribution in [2.45, 2.75) is 45.1 Å². The quantitative estimate of drug-likeness (QED) is 0.791. The smallest absolute Gasteiger partial charge is 0.218 e. The molecular formula is C11H15BrN2O. The van der Waals surface area contributed by atoms with Gasteiger partial charge in [0, 0.05) is 12.0 Å². The zero-order chi connectivity index (χ0) is 10.8. The summed E-state index contributed by atoms with van der Waals surface area (Å²) in [6.07, 6.45) is 3.94. The summed E-state index contributed by atoms with van der Waals surface area (Å²) in [6, 6.07) is 1.84. The molecule has 1 heterocycles. The lowest BCUT2D eigenvalue weighted by Gasteiger charge is -2.25. The van der Waals surface area contributed by atoms with Crippen LogP contribution in [0.15, 0.2) is 10.7 Å². The molecule has 0 radical (unpaired) electrons. The molecule has 0 saturated heterocycles. The van der Waals surface area contributed by atoms with Crippen molar-refractivity contribution in [3.63, 3.8) is 0 Å². The minimum Gasteiger partial charge on any atom is -0.474 e. The van der Waals surface area contributed by atoms with E-state index < -0.39 is 0 Å². The van der Waals surface area contributed by atoms with Crippen molar-refractivity contribution in [1.82, 2.24) is 9.97 Å². The van der Waals surface area contributed by atoms with Crippen LogP contribution in [0.2, 0.25) is 0 Å². The lowest BCUT2D eigenvalue weighted by Crippen LogP contribution is -2.25. The highest BCUT2D eigenvalue weighted by Gasteiger charge is 2.20. The number of ether oxygens (including phenoxy) is 1. The van der Waals surface area contributed by atoms with Crippen molar-refractivity contribution >= 4 is 15.9 Å². The Kier molecular flexibility index (Phi) is 3.24. The summed E-state index contributed by atoms with van der Waals surface area (Å²) in [5, 5.41) is 0. The third-order valence-corrected chi connectivity index (χ3v) is 2.95. The highest BCUT2D eigenvalue weighted by Crippen LogP contribution is 2.26. The van der Waals surface area contributed by atoms with Gasteiger partial charge < -0.3 is 4.74 Å². The van der Waals surface area contributed by atoms with Crippen molar-refractivity contribution in [3.8, 4) is 5.88 Å². The summed E-state index contributed by atoms with van der Waals surface area (Å²) in [5.41, 5.74) is 0. The highest BCUT2D eigenvalue weighted by atomic mass is 79.9. The third kappa shape index (κ3) is 2.68. The van der Waals surface area contributed by atoms with Gasteiger partial charge in [0.15, 0.2) is 0 Å². The molecule has 0 unspecified atom stereocenters. The lowest BCUT2D eigenvalue weighted by molar-refractivity contribution is 0.114. The maximum atomic E-state index is 5.74. The predicted molar refractivity (Wildman–Crippen MR) is 62.1 cm³/mol. The van der Waals surface area contributed by atoms with Gasteiger partial charge in [-0.25, -0.2) is 4.98 Å². The van der Waals surface area contributed by atoms with Gasteiger partial charge in [0.1, 0.15) is 16.5 Å². The molecule has 1 aromatic heterocycles. The number of halogens is 1. The van der Waals surface area contributed by atoms with E-state index in [9.17, 15) is 0 Å². The standard InChI is InChI=1S/C11H15BrN2O/c1-7(2)11-13-9(12)6-10(14-11)15-8-4-3-5-8/h6-8H,3-5H2,1-2H3. The Labute approximate surface area is 98.4 Å². The van der Waals surface area contributed by atoms with Crippen LogP contribution in [0.5, 0.6) is 5.88 Å². The molecule has 1 aliphatic rings. The van der Waals surface area contributed by atoms with Gasteiger partial charge in [0.05, 0.1) is 0 Å². The second kappa shape index (κ2) is 4.47. The third-order valence-electron chi connectivity index (χ3n) is 2.54. The van der Waals surface area contributed by atoms with Gasteiger partial charge in [-0.05, 0) is 35.2 Å². The molecule has 15 heavy (non-hydrogen) atoms. The van der Waals surface area contributed by atoms with E-state index in [0.29, 0.717) is 17.9 Å². The Morgan fingerprint density at radius 3 is 2.67 bits per heavy atom. The van der Waals surface area contributed by atoms with Crippen molar-refractivity contribution in [1.29, 1.82) is 0 Å². The zero-order valence-electron chi connectivity index (χ0n) is 9.03. The average molecular weight is 271 g/mol. The fourth-order valence-corrected chi connectivity index (χ4v) is 1.77. The van der Waals surface area contributed by atoms with Crippen LogP contribution >= 0.6 is 15.9 Å². The highest BCUT2D eigenvalue weighted by molar-refractivity contribution is 9.10. The van der Waals surface area contributed by atoms with Crippen molar-refractivity contribution < 1.29 is 4.74 Å². The molecule has 4 heteroatoms. The first-order chi connectivity index (χ1) is 7.15. The van der Waals surface area contributed by atoms with Crippen LogP contribution < -0.4 is 4.74 Å².